The van der Waals surface area contributed by atoms with Crippen molar-refractivity contribution < 1.29 is 28.6 Å². The Labute approximate surface area is 488 Å². The van der Waals surface area contributed by atoms with Gasteiger partial charge in [0, 0.05) is 19.3 Å². The molecular formula is C73H122O6. The van der Waals surface area contributed by atoms with Crippen molar-refractivity contribution in [1.29, 1.82) is 0 Å². The van der Waals surface area contributed by atoms with E-state index in [1.54, 1.807) is 0 Å². The van der Waals surface area contributed by atoms with Gasteiger partial charge in [0.05, 0.1) is 0 Å². The Balaban J connectivity index is 4.45. The highest BCUT2D eigenvalue weighted by Crippen LogP contribution is 2.16. The summed E-state index contributed by atoms with van der Waals surface area (Å²) in [5, 5.41) is 0. The zero-order valence-corrected chi connectivity index (χ0v) is 51.6. The van der Waals surface area contributed by atoms with E-state index < -0.39 is 6.10 Å². The van der Waals surface area contributed by atoms with Crippen molar-refractivity contribution in [2.24, 2.45) is 0 Å². The number of esters is 3. The Morgan fingerprint density at radius 1 is 0.266 bits per heavy atom. The third-order valence-corrected chi connectivity index (χ3v) is 13.9. The van der Waals surface area contributed by atoms with Crippen LogP contribution in [0.1, 0.15) is 303 Å². The van der Waals surface area contributed by atoms with Crippen molar-refractivity contribution in [3.8, 4) is 0 Å². The van der Waals surface area contributed by atoms with E-state index in [1.165, 1.54) is 141 Å². The Kier molecular flexibility index (Phi) is 62.8. The number of rotatable bonds is 59. The van der Waals surface area contributed by atoms with Gasteiger partial charge in [0.2, 0.25) is 0 Å². The van der Waals surface area contributed by atoms with Gasteiger partial charge in [-0.25, -0.2) is 0 Å². The average molecular weight is 1100 g/mol. The van der Waals surface area contributed by atoms with Gasteiger partial charge >= 0.3 is 17.9 Å². The lowest BCUT2D eigenvalue weighted by molar-refractivity contribution is -0.167. The van der Waals surface area contributed by atoms with Crippen LogP contribution in [-0.4, -0.2) is 37.2 Å². The molecule has 6 nitrogen and oxygen atoms in total. The van der Waals surface area contributed by atoms with Gasteiger partial charge in [0.15, 0.2) is 6.10 Å². The zero-order valence-electron chi connectivity index (χ0n) is 51.6. The van der Waals surface area contributed by atoms with E-state index >= 15 is 0 Å². The molecule has 0 N–H and O–H groups in total. The van der Waals surface area contributed by atoms with Crippen LogP contribution in [-0.2, 0) is 28.6 Å². The highest BCUT2D eigenvalue weighted by atomic mass is 16.6. The minimum Gasteiger partial charge on any atom is -0.462 e. The summed E-state index contributed by atoms with van der Waals surface area (Å²) >= 11 is 0. The summed E-state index contributed by atoms with van der Waals surface area (Å²) in [6.07, 6.45) is 92.1. The number of allylic oxidation sites excluding steroid dienone is 20. The molecule has 0 aliphatic heterocycles. The smallest absolute Gasteiger partial charge is 0.306 e. The minimum atomic E-state index is -0.811. The van der Waals surface area contributed by atoms with Gasteiger partial charge in [-0.1, -0.05) is 277 Å². The number of hydrogen-bond donors (Lipinski definition) is 0. The van der Waals surface area contributed by atoms with Gasteiger partial charge in [-0.2, -0.15) is 0 Å². The summed E-state index contributed by atoms with van der Waals surface area (Å²) in [7, 11) is 0. The second kappa shape index (κ2) is 66.3. The van der Waals surface area contributed by atoms with Crippen LogP contribution in [0.4, 0.5) is 0 Å². The van der Waals surface area contributed by atoms with Crippen molar-refractivity contribution in [1.82, 2.24) is 0 Å². The fraction of sp³-hybridized carbons (Fsp3) is 0.685. The number of ether oxygens (including phenoxy) is 3. The standard InChI is InChI=1S/C73H122O6/c1-4-7-10-13-16-19-22-25-28-31-33-35-36-38-39-42-45-48-51-54-57-60-63-66-72(75)78-69-70(68-77-71(74)65-62-59-56-53-50-47-44-41-30-27-24-21-18-15-12-9-6-3)79-73(76)67-64-61-58-55-52-49-46-43-40-37-34-32-29-26-23-20-17-14-11-8-5-2/h8-9,11-12,17-18,20-21,26-27,29-31,33-34,37,43,46,52,55,70H,4-7,10,13-16,19,22-25,28,32,35-36,38-42,44-45,47-51,53-54,56-69H2,1-3H3/b11-8-,12-9-,20-17-,21-18-,29-26-,30-27-,33-31-,37-34-,46-43-,55-52-. The number of carbonyl (C=O) groups excluding carboxylic acids is 3. The van der Waals surface area contributed by atoms with Crippen LogP contribution in [0.15, 0.2) is 122 Å². The van der Waals surface area contributed by atoms with Crippen LogP contribution >= 0.6 is 0 Å². The normalized spacial score (nSPS) is 12.9. The first-order valence-corrected chi connectivity index (χ1v) is 33.0. The van der Waals surface area contributed by atoms with Crippen LogP contribution in [0.3, 0.4) is 0 Å². The molecule has 0 fully saturated rings. The van der Waals surface area contributed by atoms with Crippen LogP contribution in [0.5, 0.6) is 0 Å². The third kappa shape index (κ3) is 64.5. The molecule has 0 spiro atoms. The Morgan fingerprint density at radius 3 is 0.810 bits per heavy atom. The second-order valence-electron chi connectivity index (χ2n) is 21.6. The Morgan fingerprint density at radius 2 is 0.494 bits per heavy atom. The van der Waals surface area contributed by atoms with Crippen LogP contribution < -0.4 is 0 Å². The van der Waals surface area contributed by atoms with Gasteiger partial charge in [0.1, 0.15) is 13.2 Å². The molecule has 0 aliphatic carbocycles. The molecule has 79 heavy (non-hydrogen) atoms. The number of hydrogen-bond acceptors (Lipinski definition) is 6. The van der Waals surface area contributed by atoms with Crippen molar-refractivity contribution in [2.75, 3.05) is 13.2 Å². The van der Waals surface area contributed by atoms with Crippen molar-refractivity contribution in [3.63, 3.8) is 0 Å². The molecule has 0 aromatic rings. The van der Waals surface area contributed by atoms with Crippen LogP contribution in [0, 0.1) is 0 Å². The molecule has 1 atom stereocenters. The molecule has 6 heteroatoms. The fourth-order valence-corrected chi connectivity index (χ4v) is 9.04. The van der Waals surface area contributed by atoms with Gasteiger partial charge in [-0.15, -0.1) is 0 Å². The lowest BCUT2D eigenvalue weighted by Gasteiger charge is -2.18. The highest BCUT2D eigenvalue weighted by Gasteiger charge is 2.19. The summed E-state index contributed by atoms with van der Waals surface area (Å²) in [6.45, 7) is 6.39. The minimum absolute atomic E-state index is 0.101. The highest BCUT2D eigenvalue weighted by molar-refractivity contribution is 5.71. The Bertz CT molecular complexity index is 1640. The molecule has 0 aliphatic rings. The summed E-state index contributed by atoms with van der Waals surface area (Å²) in [5.41, 5.74) is 0. The average Bonchev–Trinajstić information content (AvgIpc) is 3.45. The predicted molar refractivity (Wildman–Crippen MR) is 343 cm³/mol. The van der Waals surface area contributed by atoms with E-state index in [2.05, 4.69) is 142 Å². The second-order valence-corrected chi connectivity index (χ2v) is 21.6. The molecule has 0 bridgehead atoms. The molecule has 0 heterocycles. The van der Waals surface area contributed by atoms with Crippen molar-refractivity contribution >= 4 is 17.9 Å². The van der Waals surface area contributed by atoms with E-state index in [0.29, 0.717) is 19.3 Å². The lowest BCUT2D eigenvalue weighted by Crippen LogP contribution is -2.30. The lowest BCUT2D eigenvalue weighted by atomic mass is 10.0. The maximum absolute atomic E-state index is 12.9. The molecule has 1 unspecified atom stereocenters. The topological polar surface area (TPSA) is 78.9 Å². The molecule has 0 amide bonds. The largest absolute Gasteiger partial charge is 0.462 e. The maximum Gasteiger partial charge on any atom is 0.306 e. The van der Waals surface area contributed by atoms with Crippen molar-refractivity contribution in [2.45, 2.75) is 309 Å². The Hall–Kier alpha value is -4.19. The molecule has 450 valence electrons. The molecular weight excluding hydrogens is 973 g/mol. The van der Waals surface area contributed by atoms with E-state index in [-0.39, 0.29) is 37.5 Å². The first-order chi connectivity index (χ1) is 39.0. The SMILES string of the molecule is CC/C=C\C/C=C\C/C=C\C/C=C\C/C=C\C/C=C\CCCCC(=O)OC(COC(=O)CCCCCCCCC/C=C\C/C=C\C/C=C\CC)COC(=O)CCCCCCCCCCCCC/C=C\CCCCCCCCCC. The van der Waals surface area contributed by atoms with Crippen LogP contribution in [0.2, 0.25) is 0 Å². The quantitative estimate of drug-likeness (QED) is 0.0261. The van der Waals surface area contributed by atoms with Gasteiger partial charge in [-0.05, 0) is 128 Å². The van der Waals surface area contributed by atoms with E-state index in [1.807, 2.05) is 0 Å². The third-order valence-electron chi connectivity index (χ3n) is 13.9. The van der Waals surface area contributed by atoms with E-state index in [9.17, 15) is 14.4 Å². The first kappa shape index (κ1) is 74.8. The number of carbonyl (C=O) groups is 3. The number of unbranched alkanes of at least 4 members (excludes halogenated alkanes) is 28. The van der Waals surface area contributed by atoms with Crippen molar-refractivity contribution in [3.05, 3.63) is 122 Å². The monoisotopic (exact) mass is 1090 g/mol. The van der Waals surface area contributed by atoms with Crippen LogP contribution in [0.25, 0.3) is 0 Å². The molecule has 0 saturated carbocycles. The maximum atomic E-state index is 12.9. The van der Waals surface area contributed by atoms with Gasteiger partial charge < -0.3 is 14.2 Å². The summed E-state index contributed by atoms with van der Waals surface area (Å²) < 4.78 is 16.9. The van der Waals surface area contributed by atoms with Gasteiger partial charge in [0.25, 0.3) is 0 Å². The summed E-state index contributed by atoms with van der Waals surface area (Å²) in [6, 6.07) is 0. The molecule has 0 aromatic carbocycles. The van der Waals surface area contributed by atoms with E-state index in [4.69, 9.17) is 14.2 Å². The molecule has 0 radical (unpaired) electrons. The summed E-state index contributed by atoms with van der Waals surface area (Å²) in [5.74, 6) is -0.949. The molecule has 0 saturated heterocycles. The van der Waals surface area contributed by atoms with Gasteiger partial charge in [-0.3, -0.25) is 14.4 Å². The summed E-state index contributed by atoms with van der Waals surface area (Å²) in [4.78, 5) is 38.4. The van der Waals surface area contributed by atoms with E-state index in [0.717, 1.165) is 116 Å². The fourth-order valence-electron chi connectivity index (χ4n) is 9.04. The predicted octanol–water partition coefficient (Wildman–Crippen LogP) is 22.8. The molecule has 0 aromatic heterocycles. The zero-order chi connectivity index (χ0) is 57.1. The molecule has 0 rings (SSSR count). The first-order valence-electron chi connectivity index (χ1n) is 33.0.